The van der Waals surface area contributed by atoms with E-state index >= 15 is 0 Å². The second-order valence-electron chi connectivity index (χ2n) is 7.22. The number of aliphatic carboxylic acids is 1. The predicted molar refractivity (Wildman–Crippen MR) is 98.8 cm³/mol. The van der Waals surface area contributed by atoms with Gasteiger partial charge in [0.25, 0.3) is 5.91 Å². The fraction of sp³-hybridized carbons (Fsp3) is 0.474. The number of aromatic nitrogens is 2. The van der Waals surface area contributed by atoms with Crippen LogP contribution in [0.4, 0.5) is 13.2 Å². The van der Waals surface area contributed by atoms with Crippen LogP contribution < -0.4 is 5.32 Å². The minimum atomic E-state index is -5.08. The van der Waals surface area contributed by atoms with Crippen molar-refractivity contribution in [2.75, 3.05) is 26.2 Å². The first-order valence-electron chi connectivity index (χ1n) is 9.43. The van der Waals surface area contributed by atoms with Gasteiger partial charge in [0.1, 0.15) is 5.69 Å². The number of fused-ring (bicyclic) bond motifs is 1. The van der Waals surface area contributed by atoms with E-state index < -0.39 is 12.1 Å². The molecule has 4 rings (SSSR count). The van der Waals surface area contributed by atoms with Crippen molar-refractivity contribution in [2.24, 2.45) is 11.8 Å². The number of hydrogen-bond donors (Lipinski definition) is 2. The molecule has 0 unspecified atom stereocenters. The smallest absolute Gasteiger partial charge is 0.475 e. The Labute approximate surface area is 175 Å². The Hall–Kier alpha value is -2.99. The van der Waals surface area contributed by atoms with E-state index in [4.69, 9.17) is 19.1 Å². The maximum atomic E-state index is 12.1. The van der Waals surface area contributed by atoms with E-state index in [9.17, 15) is 18.0 Å². The molecule has 0 saturated carbocycles. The standard InChI is InChI=1S/C17H20N4O3.C2HF3O2/c22-17(15-6-18-2-3-19-15)20-5-13-11-24-16-9-21(8-14(13)16)7-12-1-4-23-10-12;3-2(4,5)1(6)7/h1-4,6,10,13-14,16H,5,7-9,11H2,(H,20,22);(H,6,7)/t13-,14+,16+;/m0./s1. The van der Waals surface area contributed by atoms with Crippen molar-refractivity contribution in [3.8, 4) is 0 Å². The molecule has 168 valence electrons. The average molecular weight is 442 g/mol. The number of rotatable bonds is 5. The van der Waals surface area contributed by atoms with Crippen molar-refractivity contribution in [3.05, 3.63) is 48.4 Å². The number of hydrogen-bond acceptors (Lipinski definition) is 7. The highest BCUT2D eigenvalue weighted by Gasteiger charge is 2.43. The Morgan fingerprint density at radius 2 is 2.06 bits per heavy atom. The molecule has 2 aliphatic heterocycles. The summed E-state index contributed by atoms with van der Waals surface area (Å²) in [6.45, 7) is 4.11. The summed E-state index contributed by atoms with van der Waals surface area (Å²) in [5.41, 5.74) is 1.53. The van der Waals surface area contributed by atoms with Gasteiger partial charge in [0.05, 0.1) is 31.4 Å². The van der Waals surface area contributed by atoms with Gasteiger partial charge >= 0.3 is 12.1 Å². The van der Waals surface area contributed by atoms with Gasteiger partial charge in [-0.1, -0.05) is 0 Å². The summed E-state index contributed by atoms with van der Waals surface area (Å²) in [7, 11) is 0. The van der Waals surface area contributed by atoms with Crippen LogP contribution in [-0.4, -0.2) is 70.4 Å². The number of alkyl halides is 3. The van der Waals surface area contributed by atoms with Crippen LogP contribution in [0.2, 0.25) is 0 Å². The highest BCUT2D eigenvalue weighted by atomic mass is 19.4. The number of carboxylic acid groups (broad SMARTS) is 1. The predicted octanol–water partition coefficient (Wildman–Crippen LogP) is 1.58. The van der Waals surface area contributed by atoms with Gasteiger partial charge in [-0.05, 0) is 6.07 Å². The van der Waals surface area contributed by atoms with Gasteiger partial charge in [-0.3, -0.25) is 14.7 Å². The van der Waals surface area contributed by atoms with Crippen molar-refractivity contribution in [3.63, 3.8) is 0 Å². The maximum absolute atomic E-state index is 12.1. The molecular formula is C19H21F3N4O5. The SMILES string of the molecule is O=C(NC[C@H]1CO[C@@H]2CN(Cc3ccoc3)C[C@H]12)c1cnccn1.O=C(O)C(F)(F)F. The molecule has 12 heteroatoms. The third kappa shape index (κ3) is 6.25. The molecule has 3 atom stereocenters. The van der Waals surface area contributed by atoms with Gasteiger partial charge in [0, 0.05) is 56.0 Å². The van der Waals surface area contributed by atoms with E-state index in [0.717, 1.165) is 19.6 Å². The lowest BCUT2D eigenvalue weighted by atomic mass is 9.93. The van der Waals surface area contributed by atoms with Gasteiger partial charge in [-0.2, -0.15) is 13.2 Å². The molecule has 0 bridgehead atoms. The average Bonchev–Trinajstić information content (AvgIpc) is 3.45. The van der Waals surface area contributed by atoms with Crippen LogP contribution >= 0.6 is 0 Å². The number of likely N-dealkylation sites (tertiary alicyclic amines) is 1. The highest BCUT2D eigenvalue weighted by Crippen LogP contribution is 2.34. The van der Waals surface area contributed by atoms with Gasteiger partial charge in [-0.15, -0.1) is 0 Å². The Kier molecular flexibility index (Phi) is 7.23. The molecule has 2 N–H and O–H groups in total. The lowest BCUT2D eigenvalue weighted by molar-refractivity contribution is -0.192. The molecule has 2 fully saturated rings. The molecule has 1 amide bonds. The van der Waals surface area contributed by atoms with Gasteiger partial charge in [-0.25, -0.2) is 9.78 Å². The van der Waals surface area contributed by atoms with Gasteiger partial charge in [0.15, 0.2) is 0 Å². The summed E-state index contributed by atoms with van der Waals surface area (Å²) in [5.74, 6) is -2.14. The molecule has 2 aromatic rings. The zero-order valence-electron chi connectivity index (χ0n) is 16.3. The van der Waals surface area contributed by atoms with Crippen molar-refractivity contribution in [1.29, 1.82) is 0 Å². The Morgan fingerprint density at radius 3 is 2.68 bits per heavy atom. The number of ether oxygens (including phenoxy) is 1. The lowest BCUT2D eigenvalue weighted by Gasteiger charge is -2.19. The van der Waals surface area contributed by atoms with E-state index in [1.54, 1.807) is 18.7 Å². The lowest BCUT2D eigenvalue weighted by Crippen LogP contribution is -2.34. The van der Waals surface area contributed by atoms with Crippen LogP contribution in [0.15, 0.2) is 41.6 Å². The summed E-state index contributed by atoms with van der Waals surface area (Å²) in [5, 5.41) is 10.1. The van der Waals surface area contributed by atoms with Crippen LogP contribution in [-0.2, 0) is 16.1 Å². The van der Waals surface area contributed by atoms with Crippen LogP contribution in [0.5, 0.6) is 0 Å². The summed E-state index contributed by atoms with van der Waals surface area (Å²) < 4.78 is 42.8. The topological polar surface area (TPSA) is 118 Å². The first kappa shape index (κ1) is 22.7. The van der Waals surface area contributed by atoms with E-state index in [1.165, 1.54) is 18.0 Å². The largest absolute Gasteiger partial charge is 0.490 e. The minimum absolute atomic E-state index is 0.181. The molecule has 0 aliphatic carbocycles. The molecule has 2 aliphatic rings. The Balaban J connectivity index is 0.000000339. The molecule has 31 heavy (non-hydrogen) atoms. The number of carbonyl (C=O) groups excluding carboxylic acids is 1. The molecule has 2 saturated heterocycles. The van der Waals surface area contributed by atoms with E-state index in [1.807, 2.05) is 6.07 Å². The summed E-state index contributed by atoms with van der Waals surface area (Å²) in [6.07, 6.45) is 3.22. The quantitative estimate of drug-likeness (QED) is 0.717. The second-order valence-corrected chi connectivity index (χ2v) is 7.22. The van der Waals surface area contributed by atoms with Crippen molar-refractivity contribution >= 4 is 11.9 Å². The van der Waals surface area contributed by atoms with Gasteiger partial charge in [0.2, 0.25) is 0 Å². The van der Waals surface area contributed by atoms with Crippen molar-refractivity contribution < 1.29 is 37.0 Å². The van der Waals surface area contributed by atoms with Crippen molar-refractivity contribution in [2.45, 2.75) is 18.8 Å². The fourth-order valence-corrected chi connectivity index (χ4v) is 3.59. The number of nitrogens with zero attached hydrogens (tertiary/aromatic N) is 3. The first-order chi connectivity index (χ1) is 14.7. The van der Waals surface area contributed by atoms with Crippen LogP contribution in [0.1, 0.15) is 16.1 Å². The van der Waals surface area contributed by atoms with Crippen LogP contribution in [0.3, 0.4) is 0 Å². The van der Waals surface area contributed by atoms with Crippen LogP contribution in [0, 0.1) is 11.8 Å². The molecule has 4 heterocycles. The fourth-order valence-electron chi connectivity index (χ4n) is 3.59. The normalized spacial score (nSPS) is 23.0. The highest BCUT2D eigenvalue weighted by molar-refractivity contribution is 5.91. The van der Waals surface area contributed by atoms with Crippen LogP contribution in [0.25, 0.3) is 0 Å². The Bertz CT molecular complexity index is 863. The summed E-state index contributed by atoms with van der Waals surface area (Å²) in [4.78, 5) is 31.3. The number of amides is 1. The second kappa shape index (κ2) is 9.88. The Morgan fingerprint density at radius 1 is 1.29 bits per heavy atom. The number of halogens is 3. The molecule has 0 spiro atoms. The third-order valence-electron chi connectivity index (χ3n) is 5.06. The zero-order chi connectivity index (χ0) is 22.4. The van der Waals surface area contributed by atoms with Crippen molar-refractivity contribution in [1.82, 2.24) is 20.2 Å². The molecular weight excluding hydrogens is 421 g/mol. The third-order valence-corrected chi connectivity index (χ3v) is 5.06. The molecule has 0 radical (unpaired) electrons. The van der Waals surface area contributed by atoms with E-state index in [2.05, 4.69) is 20.2 Å². The summed E-state index contributed by atoms with van der Waals surface area (Å²) in [6, 6.07) is 1.99. The molecule has 9 nitrogen and oxygen atoms in total. The number of nitrogens with one attached hydrogen (secondary N) is 1. The molecule has 2 aromatic heterocycles. The minimum Gasteiger partial charge on any atom is -0.475 e. The number of carbonyl (C=O) groups is 2. The monoisotopic (exact) mass is 442 g/mol. The van der Waals surface area contributed by atoms with E-state index in [0.29, 0.717) is 30.7 Å². The van der Waals surface area contributed by atoms with E-state index in [-0.39, 0.29) is 12.0 Å². The van der Waals surface area contributed by atoms with Gasteiger partial charge < -0.3 is 19.6 Å². The maximum Gasteiger partial charge on any atom is 0.490 e. The first-order valence-corrected chi connectivity index (χ1v) is 9.43. The summed E-state index contributed by atoms with van der Waals surface area (Å²) >= 11 is 0. The molecule has 0 aromatic carbocycles. The number of carboxylic acids is 1. The number of furan rings is 1. The zero-order valence-corrected chi connectivity index (χ0v) is 16.3.